The lowest BCUT2D eigenvalue weighted by molar-refractivity contribution is -0.157. The lowest BCUT2D eigenvalue weighted by atomic mass is 10.0. The molecule has 11 heteroatoms. The Bertz CT molecular complexity index is 1120. The number of esters is 2. The average molecular weight is 524 g/mol. The summed E-state index contributed by atoms with van der Waals surface area (Å²) in [4.78, 5) is 41.0. The quantitative estimate of drug-likeness (QED) is 0.213. The van der Waals surface area contributed by atoms with Crippen molar-refractivity contribution in [2.45, 2.75) is 52.0 Å². The van der Waals surface area contributed by atoms with Gasteiger partial charge < -0.3 is 18.9 Å². The van der Waals surface area contributed by atoms with Gasteiger partial charge in [0.2, 0.25) is 5.75 Å². The van der Waals surface area contributed by atoms with Crippen LogP contribution in [0.3, 0.4) is 0 Å². The number of methoxy groups -OCH3 is 1. The third-order valence-corrected chi connectivity index (χ3v) is 5.19. The minimum absolute atomic E-state index is 0.130. The Morgan fingerprint density at radius 3 is 2.30 bits per heavy atom. The molecule has 2 rings (SSSR count). The van der Waals surface area contributed by atoms with E-state index in [0.717, 1.165) is 19.1 Å². The molecule has 200 valence electrons. The molecule has 0 aliphatic carbocycles. The summed E-state index contributed by atoms with van der Waals surface area (Å²) in [5, 5.41) is 0. The summed E-state index contributed by atoms with van der Waals surface area (Å²) in [5.41, 5.74) is -0.988. The second-order valence-corrected chi connectivity index (χ2v) is 8.16. The van der Waals surface area contributed by atoms with E-state index in [0.29, 0.717) is 0 Å². The molecule has 0 saturated heterocycles. The standard InChI is InChI=1S/C26H28F3NO7/c1-6-7-21(37-19-10-8-18(9-11-19)26(27,28)29)16(3)35-25(33)15(2)14-20(32)23-24(36-17(4)31)22(34-5)12-13-30-23/h6,8-13,15-16,21H,1,7,14H2,2-5H3/t15-,16+,21-/m1/s1. The zero-order valence-electron chi connectivity index (χ0n) is 20.8. The molecule has 0 unspecified atom stereocenters. The Kier molecular flexibility index (Phi) is 10.2. The molecule has 0 aliphatic heterocycles. The number of rotatable bonds is 12. The van der Waals surface area contributed by atoms with Gasteiger partial charge >= 0.3 is 18.1 Å². The van der Waals surface area contributed by atoms with Crippen LogP contribution in [0.5, 0.6) is 17.2 Å². The Hall–Kier alpha value is -3.89. The predicted molar refractivity (Wildman–Crippen MR) is 126 cm³/mol. The summed E-state index contributed by atoms with van der Waals surface area (Å²) in [5.74, 6) is -2.71. The van der Waals surface area contributed by atoms with Crippen LogP contribution in [0, 0.1) is 5.92 Å². The molecule has 3 atom stereocenters. The van der Waals surface area contributed by atoms with E-state index < -0.39 is 47.6 Å². The van der Waals surface area contributed by atoms with Crippen molar-refractivity contribution in [3.05, 3.63) is 60.4 Å². The lowest BCUT2D eigenvalue weighted by Crippen LogP contribution is -2.35. The van der Waals surface area contributed by atoms with Crippen LogP contribution in [0.2, 0.25) is 0 Å². The number of hydrogen-bond acceptors (Lipinski definition) is 8. The first-order valence-electron chi connectivity index (χ1n) is 11.3. The number of carbonyl (C=O) groups excluding carboxylic acids is 3. The molecule has 1 aromatic heterocycles. The fraction of sp³-hybridized carbons (Fsp3) is 0.385. The first-order chi connectivity index (χ1) is 17.4. The minimum atomic E-state index is -4.48. The number of benzene rings is 1. The third kappa shape index (κ3) is 8.33. The highest BCUT2D eigenvalue weighted by molar-refractivity contribution is 5.99. The molecule has 37 heavy (non-hydrogen) atoms. The number of pyridine rings is 1. The molecule has 0 amide bonds. The maximum absolute atomic E-state index is 12.9. The number of halogens is 3. The van der Waals surface area contributed by atoms with Crippen LogP contribution in [0.25, 0.3) is 0 Å². The highest BCUT2D eigenvalue weighted by Gasteiger charge is 2.31. The second-order valence-electron chi connectivity index (χ2n) is 8.16. The van der Waals surface area contributed by atoms with Gasteiger partial charge in [0.1, 0.15) is 18.0 Å². The van der Waals surface area contributed by atoms with E-state index in [1.807, 2.05) is 0 Å². The number of ether oxygens (including phenoxy) is 4. The summed E-state index contributed by atoms with van der Waals surface area (Å²) in [6, 6.07) is 5.56. The minimum Gasteiger partial charge on any atom is -0.493 e. The van der Waals surface area contributed by atoms with Crippen molar-refractivity contribution in [3.63, 3.8) is 0 Å². The molecule has 2 aromatic rings. The first-order valence-corrected chi connectivity index (χ1v) is 11.3. The van der Waals surface area contributed by atoms with Crippen molar-refractivity contribution in [2.75, 3.05) is 7.11 Å². The summed E-state index contributed by atoms with van der Waals surface area (Å²) < 4.78 is 59.8. The van der Waals surface area contributed by atoms with E-state index in [2.05, 4.69) is 11.6 Å². The van der Waals surface area contributed by atoms with E-state index in [1.54, 1.807) is 6.92 Å². The van der Waals surface area contributed by atoms with Crippen molar-refractivity contribution >= 4 is 17.7 Å². The SMILES string of the molecule is C=CC[C@@H](Oc1ccc(C(F)(F)F)cc1)[C@H](C)OC(=O)[C@H](C)CC(=O)c1nccc(OC)c1OC(C)=O. The van der Waals surface area contributed by atoms with Gasteiger partial charge in [0.05, 0.1) is 18.6 Å². The van der Waals surface area contributed by atoms with Crippen LogP contribution >= 0.6 is 0 Å². The van der Waals surface area contributed by atoms with Gasteiger partial charge in [0.25, 0.3) is 0 Å². The van der Waals surface area contributed by atoms with E-state index in [9.17, 15) is 27.6 Å². The molecule has 1 heterocycles. The Morgan fingerprint density at radius 2 is 1.76 bits per heavy atom. The average Bonchev–Trinajstić information content (AvgIpc) is 2.83. The molecule has 0 bridgehead atoms. The zero-order valence-corrected chi connectivity index (χ0v) is 20.8. The molecular weight excluding hydrogens is 495 g/mol. The second kappa shape index (κ2) is 12.9. The van der Waals surface area contributed by atoms with Gasteiger partial charge in [-0.25, -0.2) is 4.98 Å². The van der Waals surface area contributed by atoms with Gasteiger partial charge in [-0.05, 0) is 31.2 Å². The van der Waals surface area contributed by atoms with Crippen LogP contribution in [0.1, 0.15) is 49.7 Å². The normalized spacial score (nSPS) is 13.6. The number of carbonyl (C=O) groups is 3. The van der Waals surface area contributed by atoms with E-state index >= 15 is 0 Å². The first kappa shape index (κ1) is 29.3. The number of Topliss-reactive ketones (excluding diaryl/α,β-unsaturated/α-hetero) is 1. The molecule has 0 aliphatic rings. The lowest BCUT2D eigenvalue weighted by Gasteiger charge is -2.25. The summed E-state index contributed by atoms with van der Waals surface area (Å²) >= 11 is 0. The van der Waals surface area contributed by atoms with E-state index in [1.165, 1.54) is 44.5 Å². The maximum Gasteiger partial charge on any atom is 0.416 e. The van der Waals surface area contributed by atoms with Crippen LogP contribution in [-0.2, 0) is 20.5 Å². The molecule has 0 N–H and O–H groups in total. The number of alkyl halides is 3. The van der Waals surface area contributed by atoms with Crippen molar-refractivity contribution in [2.24, 2.45) is 5.92 Å². The highest BCUT2D eigenvalue weighted by Crippen LogP contribution is 2.32. The topological polar surface area (TPSA) is 101 Å². The monoisotopic (exact) mass is 523 g/mol. The number of nitrogens with zero attached hydrogens (tertiary/aromatic N) is 1. The van der Waals surface area contributed by atoms with Gasteiger partial charge in [-0.1, -0.05) is 13.0 Å². The third-order valence-electron chi connectivity index (χ3n) is 5.19. The molecule has 0 spiro atoms. The van der Waals surface area contributed by atoms with Gasteiger partial charge in [-0.15, -0.1) is 6.58 Å². The molecule has 0 radical (unpaired) electrons. The molecular formula is C26H28F3NO7. The summed E-state index contributed by atoms with van der Waals surface area (Å²) in [7, 11) is 1.34. The summed E-state index contributed by atoms with van der Waals surface area (Å²) in [6.07, 6.45) is -3.27. The predicted octanol–water partition coefficient (Wildman–Crippen LogP) is 5.20. The number of aromatic nitrogens is 1. The fourth-order valence-electron chi connectivity index (χ4n) is 3.26. The zero-order chi connectivity index (χ0) is 27.8. The molecule has 0 fully saturated rings. The molecule has 0 saturated carbocycles. The van der Waals surface area contributed by atoms with Gasteiger partial charge in [-0.3, -0.25) is 14.4 Å². The maximum atomic E-state index is 12.9. The fourth-order valence-corrected chi connectivity index (χ4v) is 3.26. The van der Waals surface area contributed by atoms with E-state index in [4.69, 9.17) is 18.9 Å². The van der Waals surface area contributed by atoms with Crippen molar-refractivity contribution < 1.29 is 46.5 Å². The Balaban J connectivity index is 2.07. The largest absolute Gasteiger partial charge is 0.493 e. The van der Waals surface area contributed by atoms with Crippen LogP contribution in [-0.4, -0.2) is 42.0 Å². The number of hydrogen-bond donors (Lipinski definition) is 0. The van der Waals surface area contributed by atoms with Crippen molar-refractivity contribution in [1.29, 1.82) is 0 Å². The number of ketones is 1. The molecule has 8 nitrogen and oxygen atoms in total. The van der Waals surface area contributed by atoms with Crippen molar-refractivity contribution in [1.82, 2.24) is 4.98 Å². The van der Waals surface area contributed by atoms with Crippen LogP contribution in [0.15, 0.2) is 49.2 Å². The van der Waals surface area contributed by atoms with Gasteiger partial charge in [-0.2, -0.15) is 13.2 Å². The molecule has 1 aromatic carbocycles. The summed E-state index contributed by atoms with van der Waals surface area (Å²) in [6.45, 7) is 7.84. The Labute approximate surface area is 212 Å². The van der Waals surface area contributed by atoms with Crippen molar-refractivity contribution in [3.8, 4) is 17.2 Å². The van der Waals surface area contributed by atoms with Crippen LogP contribution in [0.4, 0.5) is 13.2 Å². The van der Waals surface area contributed by atoms with Gasteiger partial charge in [0.15, 0.2) is 17.2 Å². The smallest absolute Gasteiger partial charge is 0.416 e. The highest BCUT2D eigenvalue weighted by atomic mass is 19.4. The van der Waals surface area contributed by atoms with Crippen LogP contribution < -0.4 is 14.2 Å². The van der Waals surface area contributed by atoms with Gasteiger partial charge in [0, 0.05) is 32.0 Å². The van der Waals surface area contributed by atoms with E-state index in [-0.39, 0.29) is 35.8 Å². The Morgan fingerprint density at radius 1 is 1.11 bits per heavy atom.